The highest BCUT2D eigenvalue weighted by Crippen LogP contribution is 2.28. The summed E-state index contributed by atoms with van der Waals surface area (Å²) in [6.45, 7) is 10.2. The van der Waals surface area contributed by atoms with Gasteiger partial charge in [0.1, 0.15) is 29.3 Å². The van der Waals surface area contributed by atoms with Crippen LogP contribution in [0.2, 0.25) is 0 Å². The summed E-state index contributed by atoms with van der Waals surface area (Å²) in [5.41, 5.74) is -0.626. The summed E-state index contributed by atoms with van der Waals surface area (Å²) in [5, 5.41) is 2.71. The highest BCUT2D eigenvalue weighted by atomic mass is 79.9. The van der Waals surface area contributed by atoms with Crippen molar-refractivity contribution in [1.29, 1.82) is 0 Å². The minimum Gasteiger partial charge on any atom is -0.489 e. The van der Waals surface area contributed by atoms with Gasteiger partial charge in [-0.05, 0) is 60.8 Å². The Morgan fingerprint density at radius 3 is 2.38 bits per heavy atom. The monoisotopic (exact) mass is 472 g/mol. The molecule has 8 heteroatoms. The molecule has 1 aliphatic heterocycles. The van der Waals surface area contributed by atoms with Gasteiger partial charge in [-0.2, -0.15) is 0 Å². The van der Waals surface area contributed by atoms with Crippen LogP contribution in [0.1, 0.15) is 47.5 Å². The molecule has 0 bridgehead atoms. The Kier molecular flexibility index (Phi) is 7.91. The lowest BCUT2D eigenvalue weighted by molar-refractivity contribution is -0.136. The average molecular weight is 473 g/mol. The van der Waals surface area contributed by atoms with Crippen LogP contribution >= 0.6 is 15.9 Å². The molecule has 0 aromatic heterocycles. The number of likely N-dealkylation sites (tertiary alicyclic amines) is 1. The Hall–Kier alpha value is -1.83. The quantitative estimate of drug-likeness (QED) is 0.684. The fourth-order valence-corrected chi connectivity index (χ4v) is 3.53. The van der Waals surface area contributed by atoms with E-state index in [1.54, 1.807) is 31.7 Å². The third-order valence-electron chi connectivity index (χ3n) is 4.55. The fourth-order valence-electron chi connectivity index (χ4n) is 3.09. The summed E-state index contributed by atoms with van der Waals surface area (Å²) in [7, 11) is 0. The maximum atomic E-state index is 13.2. The van der Waals surface area contributed by atoms with Gasteiger partial charge in [0.2, 0.25) is 5.91 Å². The Bertz CT molecular complexity index is 728. The first-order valence-corrected chi connectivity index (χ1v) is 10.7. The molecule has 1 fully saturated rings. The van der Waals surface area contributed by atoms with Crippen LogP contribution in [0.3, 0.4) is 0 Å². The Balaban J connectivity index is 1.92. The van der Waals surface area contributed by atoms with Crippen LogP contribution in [-0.2, 0) is 9.53 Å². The third-order valence-corrected chi connectivity index (χ3v) is 5.17. The van der Waals surface area contributed by atoms with Gasteiger partial charge in [0.25, 0.3) is 0 Å². The van der Waals surface area contributed by atoms with E-state index in [0.717, 1.165) is 0 Å². The van der Waals surface area contributed by atoms with E-state index in [0.29, 0.717) is 36.2 Å². The van der Waals surface area contributed by atoms with Crippen molar-refractivity contribution in [2.45, 2.75) is 65.2 Å². The molecule has 1 atom stereocenters. The van der Waals surface area contributed by atoms with Gasteiger partial charge in [-0.1, -0.05) is 13.8 Å². The lowest BCUT2D eigenvalue weighted by atomic mass is 10.0. The summed E-state index contributed by atoms with van der Waals surface area (Å²) < 4.78 is 25.0. The molecule has 0 saturated carbocycles. The van der Waals surface area contributed by atoms with Crippen LogP contribution in [0.15, 0.2) is 22.7 Å². The van der Waals surface area contributed by atoms with Crippen molar-refractivity contribution in [1.82, 2.24) is 10.2 Å². The molecule has 1 saturated heterocycles. The van der Waals surface area contributed by atoms with Gasteiger partial charge in [0, 0.05) is 25.9 Å². The number of nitrogens with zero attached hydrogens (tertiary/aromatic N) is 1. The average Bonchev–Trinajstić information content (AvgIpc) is 2.60. The summed E-state index contributed by atoms with van der Waals surface area (Å²) in [4.78, 5) is 26.8. The van der Waals surface area contributed by atoms with Gasteiger partial charge >= 0.3 is 6.09 Å². The molecule has 1 N–H and O–H groups in total. The van der Waals surface area contributed by atoms with Gasteiger partial charge in [0.05, 0.1) is 4.47 Å². The molecule has 0 aliphatic carbocycles. The van der Waals surface area contributed by atoms with Crippen molar-refractivity contribution < 1.29 is 23.5 Å². The van der Waals surface area contributed by atoms with Gasteiger partial charge in [0.15, 0.2) is 0 Å². The van der Waals surface area contributed by atoms with E-state index in [-0.39, 0.29) is 23.7 Å². The highest BCUT2D eigenvalue weighted by molar-refractivity contribution is 9.10. The van der Waals surface area contributed by atoms with E-state index >= 15 is 0 Å². The van der Waals surface area contributed by atoms with Crippen molar-refractivity contribution >= 4 is 27.9 Å². The topological polar surface area (TPSA) is 67.9 Å². The van der Waals surface area contributed by atoms with Crippen molar-refractivity contribution in [2.75, 3.05) is 13.1 Å². The van der Waals surface area contributed by atoms with Crippen LogP contribution < -0.4 is 10.1 Å². The van der Waals surface area contributed by atoms with E-state index < -0.39 is 17.7 Å². The van der Waals surface area contributed by atoms with Crippen LogP contribution in [0.4, 0.5) is 9.18 Å². The maximum absolute atomic E-state index is 13.2. The third kappa shape index (κ3) is 7.17. The van der Waals surface area contributed by atoms with Crippen LogP contribution in [-0.4, -0.2) is 47.7 Å². The zero-order valence-corrected chi connectivity index (χ0v) is 19.2. The number of carbonyl (C=O) groups is 2. The zero-order chi connectivity index (χ0) is 21.8. The second kappa shape index (κ2) is 9.78. The van der Waals surface area contributed by atoms with Crippen molar-refractivity contribution in [2.24, 2.45) is 5.92 Å². The lowest BCUT2D eigenvalue weighted by Crippen LogP contribution is -2.54. The highest BCUT2D eigenvalue weighted by Gasteiger charge is 2.33. The molecule has 162 valence electrons. The van der Waals surface area contributed by atoms with Gasteiger partial charge < -0.3 is 19.7 Å². The molecular weight excluding hydrogens is 443 g/mol. The largest absolute Gasteiger partial charge is 0.489 e. The number of ether oxygens (including phenoxy) is 2. The maximum Gasteiger partial charge on any atom is 0.408 e. The molecule has 29 heavy (non-hydrogen) atoms. The molecule has 2 rings (SSSR count). The SMILES string of the molecule is CC(C)[C@H](NC(=O)OC(C)(C)C)C(=O)N1CCC(Oc2ccc(F)cc2Br)CC1. The molecule has 2 amide bonds. The standard InChI is InChI=1S/C21H30BrFN2O4/c1-13(2)18(24-20(27)29-21(3,4)5)19(26)25-10-8-15(9-11-25)28-17-7-6-14(23)12-16(17)22/h6-7,12-13,15,18H,8-11H2,1-5H3,(H,24,27)/t18-/m0/s1. The molecular formula is C21H30BrFN2O4. The van der Waals surface area contributed by atoms with Gasteiger partial charge in [-0.15, -0.1) is 0 Å². The number of hydrogen-bond acceptors (Lipinski definition) is 4. The number of nitrogens with one attached hydrogen (secondary N) is 1. The predicted molar refractivity (Wildman–Crippen MR) is 112 cm³/mol. The summed E-state index contributed by atoms with van der Waals surface area (Å²) in [5.74, 6) is 0.0658. The number of rotatable bonds is 5. The van der Waals surface area contributed by atoms with Crippen LogP contribution in [0.25, 0.3) is 0 Å². The second-order valence-electron chi connectivity index (χ2n) is 8.59. The van der Waals surface area contributed by atoms with E-state index in [1.807, 2.05) is 13.8 Å². The van der Waals surface area contributed by atoms with E-state index in [4.69, 9.17) is 9.47 Å². The summed E-state index contributed by atoms with van der Waals surface area (Å²) in [6, 6.07) is 3.67. The van der Waals surface area contributed by atoms with E-state index in [2.05, 4.69) is 21.2 Å². The number of hydrogen-bond donors (Lipinski definition) is 1. The molecule has 1 heterocycles. The molecule has 1 aliphatic rings. The van der Waals surface area contributed by atoms with Gasteiger partial charge in [-0.25, -0.2) is 9.18 Å². The number of halogens is 2. The molecule has 6 nitrogen and oxygen atoms in total. The molecule has 1 aromatic rings. The Labute approximate surface area is 180 Å². The Morgan fingerprint density at radius 2 is 1.86 bits per heavy atom. The minimum absolute atomic E-state index is 0.0582. The van der Waals surface area contributed by atoms with Crippen molar-refractivity contribution in [3.8, 4) is 5.75 Å². The normalized spacial score (nSPS) is 16.5. The molecule has 0 unspecified atom stereocenters. The first-order chi connectivity index (χ1) is 13.5. The molecule has 0 spiro atoms. The van der Waals surface area contributed by atoms with E-state index in [1.165, 1.54) is 12.1 Å². The van der Waals surface area contributed by atoms with Crippen molar-refractivity contribution in [3.63, 3.8) is 0 Å². The number of amides is 2. The first kappa shape index (κ1) is 23.4. The van der Waals surface area contributed by atoms with Crippen molar-refractivity contribution in [3.05, 3.63) is 28.5 Å². The molecule has 0 radical (unpaired) electrons. The number of carbonyl (C=O) groups excluding carboxylic acids is 2. The summed E-state index contributed by atoms with van der Waals surface area (Å²) in [6.07, 6.45) is 0.667. The minimum atomic E-state index is -0.645. The first-order valence-electron chi connectivity index (χ1n) is 9.86. The Morgan fingerprint density at radius 1 is 1.24 bits per heavy atom. The fraction of sp³-hybridized carbons (Fsp3) is 0.619. The predicted octanol–water partition coefficient (Wildman–Crippen LogP) is 4.51. The molecule has 1 aromatic carbocycles. The lowest BCUT2D eigenvalue weighted by Gasteiger charge is -2.35. The zero-order valence-electron chi connectivity index (χ0n) is 17.6. The van der Waals surface area contributed by atoms with Crippen LogP contribution in [0, 0.1) is 11.7 Å². The smallest absolute Gasteiger partial charge is 0.408 e. The second-order valence-corrected chi connectivity index (χ2v) is 9.44. The van der Waals surface area contributed by atoms with Gasteiger partial charge in [-0.3, -0.25) is 4.79 Å². The van der Waals surface area contributed by atoms with Crippen LogP contribution in [0.5, 0.6) is 5.75 Å². The number of alkyl carbamates (subject to hydrolysis) is 1. The van der Waals surface area contributed by atoms with E-state index in [9.17, 15) is 14.0 Å². The number of benzene rings is 1. The number of piperidine rings is 1. The summed E-state index contributed by atoms with van der Waals surface area (Å²) >= 11 is 3.31.